The molecular formula is C16H11ClN2O3S. The molecule has 2 aromatic carbocycles. The van der Waals surface area contributed by atoms with Crippen LogP contribution in [0.2, 0.25) is 5.02 Å². The lowest BCUT2D eigenvalue weighted by molar-refractivity contribution is -0.131. The molecule has 0 aliphatic heterocycles. The number of carbonyl (C=O) groups excluding carboxylic acids is 2. The van der Waals surface area contributed by atoms with Crippen LogP contribution in [-0.2, 0) is 4.79 Å². The first kappa shape index (κ1) is 15.5. The molecule has 0 saturated heterocycles. The Labute approximate surface area is 140 Å². The summed E-state index contributed by atoms with van der Waals surface area (Å²) in [7, 11) is 0. The van der Waals surface area contributed by atoms with Crippen LogP contribution in [0.4, 0.5) is 5.13 Å². The highest BCUT2D eigenvalue weighted by molar-refractivity contribution is 7.22. The van der Waals surface area contributed by atoms with Crippen molar-refractivity contribution in [2.45, 2.75) is 6.92 Å². The van der Waals surface area contributed by atoms with Crippen LogP contribution < -0.4 is 10.1 Å². The summed E-state index contributed by atoms with van der Waals surface area (Å²) in [6.07, 6.45) is 0. The zero-order valence-electron chi connectivity index (χ0n) is 12.0. The number of nitrogens with zero attached hydrogens (tertiary/aromatic N) is 1. The molecule has 0 saturated carbocycles. The van der Waals surface area contributed by atoms with Crippen LogP contribution in [0, 0.1) is 0 Å². The van der Waals surface area contributed by atoms with E-state index < -0.39 is 5.97 Å². The molecule has 0 spiro atoms. The minimum Gasteiger partial charge on any atom is -0.427 e. The van der Waals surface area contributed by atoms with Crippen molar-refractivity contribution < 1.29 is 14.3 Å². The molecule has 0 atom stereocenters. The number of halogens is 1. The average molecular weight is 347 g/mol. The molecule has 0 aliphatic carbocycles. The summed E-state index contributed by atoms with van der Waals surface area (Å²) in [4.78, 5) is 27.6. The molecule has 0 fully saturated rings. The van der Waals surface area contributed by atoms with E-state index in [0.717, 1.165) is 10.2 Å². The van der Waals surface area contributed by atoms with Crippen molar-refractivity contribution in [1.82, 2.24) is 4.98 Å². The summed E-state index contributed by atoms with van der Waals surface area (Å²) in [5.74, 6) is -0.448. The van der Waals surface area contributed by atoms with E-state index in [1.54, 1.807) is 36.4 Å². The minimum atomic E-state index is -0.439. The van der Waals surface area contributed by atoms with E-state index in [4.69, 9.17) is 16.3 Å². The zero-order valence-corrected chi connectivity index (χ0v) is 13.6. The van der Waals surface area contributed by atoms with Crippen LogP contribution in [0.15, 0.2) is 42.5 Å². The first-order chi connectivity index (χ1) is 11.0. The largest absolute Gasteiger partial charge is 0.427 e. The Morgan fingerprint density at radius 1 is 1.22 bits per heavy atom. The van der Waals surface area contributed by atoms with E-state index in [0.29, 0.717) is 21.5 Å². The van der Waals surface area contributed by atoms with Gasteiger partial charge in [-0.3, -0.25) is 14.9 Å². The molecule has 7 heteroatoms. The summed E-state index contributed by atoms with van der Waals surface area (Å²) in [6.45, 7) is 1.30. The lowest BCUT2D eigenvalue weighted by Gasteiger charge is -2.04. The van der Waals surface area contributed by atoms with Crippen LogP contribution in [0.5, 0.6) is 5.75 Å². The second-order valence-electron chi connectivity index (χ2n) is 4.71. The minimum absolute atomic E-state index is 0.321. The smallest absolute Gasteiger partial charge is 0.308 e. The second-order valence-corrected chi connectivity index (χ2v) is 6.17. The Morgan fingerprint density at radius 3 is 2.83 bits per heavy atom. The molecule has 5 nitrogen and oxygen atoms in total. The first-order valence-electron chi connectivity index (χ1n) is 6.67. The number of rotatable bonds is 3. The third-order valence-electron chi connectivity index (χ3n) is 2.93. The molecule has 0 unspecified atom stereocenters. The number of thiazole rings is 1. The van der Waals surface area contributed by atoms with Crippen molar-refractivity contribution in [2.75, 3.05) is 5.32 Å². The number of nitrogens with one attached hydrogen (secondary N) is 1. The van der Waals surface area contributed by atoms with Gasteiger partial charge in [-0.05, 0) is 36.4 Å². The van der Waals surface area contributed by atoms with E-state index in [2.05, 4.69) is 10.3 Å². The van der Waals surface area contributed by atoms with Gasteiger partial charge in [0.2, 0.25) is 0 Å². The maximum absolute atomic E-state index is 12.3. The lowest BCUT2D eigenvalue weighted by atomic mass is 10.2. The van der Waals surface area contributed by atoms with Crippen LogP contribution in [0.25, 0.3) is 10.2 Å². The second kappa shape index (κ2) is 6.36. The van der Waals surface area contributed by atoms with Crippen molar-refractivity contribution in [3.63, 3.8) is 0 Å². The van der Waals surface area contributed by atoms with Crippen LogP contribution in [-0.4, -0.2) is 16.9 Å². The molecular weight excluding hydrogens is 336 g/mol. The maximum Gasteiger partial charge on any atom is 0.308 e. The zero-order chi connectivity index (χ0) is 16.4. The highest BCUT2D eigenvalue weighted by atomic mass is 35.5. The first-order valence-corrected chi connectivity index (χ1v) is 7.86. The Balaban J connectivity index is 1.81. The van der Waals surface area contributed by atoms with Gasteiger partial charge < -0.3 is 4.74 Å². The highest BCUT2D eigenvalue weighted by Gasteiger charge is 2.11. The summed E-state index contributed by atoms with van der Waals surface area (Å²) in [5.41, 5.74) is 1.14. The Hall–Kier alpha value is -2.44. The van der Waals surface area contributed by atoms with Crippen LogP contribution in [0.3, 0.4) is 0 Å². The summed E-state index contributed by atoms with van der Waals surface area (Å²) in [6, 6.07) is 11.7. The maximum atomic E-state index is 12.3. The predicted molar refractivity (Wildman–Crippen MR) is 90.3 cm³/mol. The predicted octanol–water partition coefficient (Wildman–Crippen LogP) is 4.13. The third kappa shape index (κ3) is 3.67. The fourth-order valence-electron chi connectivity index (χ4n) is 1.99. The number of carbonyl (C=O) groups is 2. The van der Waals surface area contributed by atoms with Crippen molar-refractivity contribution in [3.8, 4) is 5.75 Å². The van der Waals surface area contributed by atoms with E-state index >= 15 is 0 Å². The molecule has 0 radical (unpaired) electrons. The van der Waals surface area contributed by atoms with Crippen molar-refractivity contribution in [1.29, 1.82) is 0 Å². The van der Waals surface area contributed by atoms with E-state index in [9.17, 15) is 9.59 Å². The Morgan fingerprint density at radius 2 is 2.04 bits per heavy atom. The highest BCUT2D eigenvalue weighted by Crippen LogP contribution is 2.28. The van der Waals surface area contributed by atoms with E-state index in [1.807, 2.05) is 0 Å². The number of esters is 1. The van der Waals surface area contributed by atoms with Crippen molar-refractivity contribution in [2.24, 2.45) is 0 Å². The molecule has 116 valence electrons. The number of hydrogen-bond acceptors (Lipinski definition) is 5. The number of ether oxygens (including phenoxy) is 1. The Kier molecular flexibility index (Phi) is 4.27. The topological polar surface area (TPSA) is 68.3 Å². The standard InChI is InChI=1S/C16H11ClN2O3S/c1-9(20)22-12-4-2-3-10(7-12)15(21)19-16-18-13-6-5-11(17)8-14(13)23-16/h2-8H,1H3,(H,18,19,21). The molecule has 23 heavy (non-hydrogen) atoms. The van der Waals surface area contributed by atoms with Gasteiger partial charge in [-0.1, -0.05) is 29.0 Å². The van der Waals surface area contributed by atoms with Gasteiger partial charge in [-0.2, -0.15) is 0 Å². The SMILES string of the molecule is CC(=O)Oc1cccc(C(=O)Nc2nc3ccc(Cl)cc3s2)c1. The molecule has 3 aromatic rings. The quantitative estimate of drug-likeness (QED) is 0.572. The van der Waals surface area contributed by atoms with Gasteiger partial charge in [-0.15, -0.1) is 0 Å². The molecule has 3 rings (SSSR count). The number of hydrogen-bond donors (Lipinski definition) is 1. The van der Waals surface area contributed by atoms with Gasteiger partial charge in [0.1, 0.15) is 5.75 Å². The normalized spacial score (nSPS) is 10.5. The third-order valence-corrected chi connectivity index (χ3v) is 4.10. The lowest BCUT2D eigenvalue weighted by Crippen LogP contribution is -2.12. The number of aromatic nitrogens is 1. The Bertz CT molecular complexity index is 907. The summed E-state index contributed by atoms with van der Waals surface area (Å²) >= 11 is 7.28. The molecule has 1 aromatic heterocycles. The molecule has 1 amide bonds. The van der Waals surface area contributed by atoms with Crippen LogP contribution >= 0.6 is 22.9 Å². The van der Waals surface area contributed by atoms with Gasteiger partial charge in [0, 0.05) is 17.5 Å². The average Bonchev–Trinajstić information content (AvgIpc) is 2.88. The number of benzene rings is 2. The van der Waals surface area contributed by atoms with Gasteiger partial charge in [0.05, 0.1) is 10.2 Å². The molecule has 1 N–H and O–H groups in total. The number of amides is 1. The van der Waals surface area contributed by atoms with Gasteiger partial charge in [0.15, 0.2) is 5.13 Å². The van der Waals surface area contributed by atoms with Gasteiger partial charge in [-0.25, -0.2) is 4.98 Å². The van der Waals surface area contributed by atoms with Crippen molar-refractivity contribution in [3.05, 3.63) is 53.1 Å². The van der Waals surface area contributed by atoms with E-state index in [-0.39, 0.29) is 5.91 Å². The summed E-state index contributed by atoms with van der Waals surface area (Å²) < 4.78 is 5.86. The van der Waals surface area contributed by atoms with Crippen molar-refractivity contribution >= 4 is 50.2 Å². The molecule has 1 heterocycles. The molecule has 0 bridgehead atoms. The van der Waals surface area contributed by atoms with E-state index in [1.165, 1.54) is 24.3 Å². The number of anilines is 1. The molecule has 0 aliphatic rings. The number of fused-ring (bicyclic) bond motifs is 1. The van der Waals surface area contributed by atoms with Crippen LogP contribution in [0.1, 0.15) is 17.3 Å². The fraction of sp³-hybridized carbons (Fsp3) is 0.0625. The summed E-state index contributed by atoms with van der Waals surface area (Å²) in [5, 5.41) is 3.83. The monoisotopic (exact) mass is 346 g/mol. The fourth-order valence-corrected chi connectivity index (χ4v) is 3.12. The van der Waals surface area contributed by atoms with Gasteiger partial charge >= 0.3 is 5.97 Å². The van der Waals surface area contributed by atoms with Gasteiger partial charge in [0.25, 0.3) is 5.91 Å².